The minimum absolute atomic E-state index is 0.298. The summed E-state index contributed by atoms with van der Waals surface area (Å²) in [6, 6.07) is 8.99. The van der Waals surface area contributed by atoms with E-state index < -0.39 is 11.8 Å². The molecule has 0 unspecified atom stereocenters. The fourth-order valence-corrected chi connectivity index (χ4v) is 1.87. The Morgan fingerprint density at radius 3 is 2.61 bits per heavy atom. The molecular weight excluding hydrogens is 232 g/mol. The van der Waals surface area contributed by atoms with E-state index in [1.54, 1.807) is 6.92 Å². The van der Waals surface area contributed by atoms with E-state index in [0.717, 1.165) is 10.6 Å². The quantitative estimate of drug-likeness (QED) is 0.867. The highest BCUT2D eigenvalue weighted by Crippen LogP contribution is 2.26. The van der Waals surface area contributed by atoms with Crippen LogP contribution in [0.2, 0.25) is 0 Å². The molecule has 5 heteroatoms. The number of Topliss-reactive ketones (excluding diaryl/α,β-unsaturated/α-hetero) is 1. The van der Waals surface area contributed by atoms with Gasteiger partial charge in [0.15, 0.2) is 5.78 Å². The molecule has 0 saturated carbocycles. The van der Waals surface area contributed by atoms with E-state index in [1.807, 2.05) is 30.3 Å². The van der Waals surface area contributed by atoms with Crippen LogP contribution in [0.4, 0.5) is 0 Å². The Morgan fingerprint density at radius 1 is 1.44 bits per heavy atom. The lowest BCUT2D eigenvalue weighted by Crippen LogP contribution is -2.59. The summed E-state index contributed by atoms with van der Waals surface area (Å²) in [5.41, 5.74) is 0.0315. The molecular formula is C13H16N2O3. The average molecular weight is 248 g/mol. The van der Waals surface area contributed by atoms with Crippen molar-refractivity contribution < 1.29 is 14.8 Å². The SMILES string of the molecule is CC(=O)[C@@]1(C)ON=C(c2ccccc2)[C@H](C)N1O. The van der Waals surface area contributed by atoms with E-state index in [9.17, 15) is 10.0 Å². The third kappa shape index (κ3) is 1.91. The van der Waals surface area contributed by atoms with E-state index in [4.69, 9.17) is 4.84 Å². The Kier molecular flexibility index (Phi) is 3.19. The van der Waals surface area contributed by atoms with Gasteiger partial charge in [-0.2, -0.15) is 0 Å². The Labute approximate surface area is 106 Å². The highest BCUT2D eigenvalue weighted by atomic mass is 16.7. The summed E-state index contributed by atoms with van der Waals surface area (Å²) in [7, 11) is 0. The molecule has 0 radical (unpaired) electrons. The molecule has 1 aliphatic rings. The van der Waals surface area contributed by atoms with Gasteiger partial charge < -0.3 is 10.0 Å². The maximum absolute atomic E-state index is 11.5. The van der Waals surface area contributed by atoms with Crippen LogP contribution in [0.15, 0.2) is 35.5 Å². The van der Waals surface area contributed by atoms with Gasteiger partial charge >= 0.3 is 0 Å². The first-order valence-corrected chi connectivity index (χ1v) is 5.77. The minimum atomic E-state index is -1.42. The minimum Gasteiger partial charge on any atom is -0.363 e. The molecule has 0 spiro atoms. The zero-order valence-corrected chi connectivity index (χ0v) is 10.6. The van der Waals surface area contributed by atoms with Crippen LogP contribution in [-0.2, 0) is 9.63 Å². The number of hydrogen-bond donors (Lipinski definition) is 1. The van der Waals surface area contributed by atoms with E-state index in [1.165, 1.54) is 13.8 Å². The van der Waals surface area contributed by atoms with Gasteiger partial charge in [-0.05, 0) is 6.92 Å². The molecule has 1 aromatic rings. The number of benzene rings is 1. The van der Waals surface area contributed by atoms with E-state index in [-0.39, 0.29) is 5.78 Å². The lowest BCUT2D eigenvalue weighted by atomic mass is 10.0. The largest absolute Gasteiger partial charge is 0.363 e. The van der Waals surface area contributed by atoms with Crippen molar-refractivity contribution in [2.75, 3.05) is 0 Å². The molecule has 1 heterocycles. The molecule has 1 aliphatic heterocycles. The summed E-state index contributed by atoms with van der Waals surface area (Å²) in [6.45, 7) is 4.63. The van der Waals surface area contributed by atoms with Gasteiger partial charge in [-0.25, -0.2) is 0 Å². The van der Waals surface area contributed by atoms with Gasteiger partial charge in [0.1, 0.15) is 5.71 Å². The molecule has 0 aliphatic carbocycles. The normalized spacial score (nSPS) is 28.4. The molecule has 5 nitrogen and oxygen atoms in total. The summed E-state index contributed by atoms with van der Waals surface area (Å²) >= 11 is 0. The highest BCUT2D eigenvalue weighted by molar-refractivity contribution is 6.04. The first-order chi connectivity index (χ1) is 8.47. The van der Waals surface area contributed by atoms with E-state index in [0.29, 0.717) is 5.71 Å². The monoisotopic (exact) mass is 248 g/mol. The van der Waals surface area contributed by atoms with E-state index in [2.05, 4.69) is 5.16 Å². The fourth-order valence-electron chi connectivity index (χ4n) is 1.87. The molecule has 18 heavy (non-hydrogen) atoms. The second-order valence-corrected chi connectivity index (χ2v) is 4.49. The van der Waals surface area contributed by atoms with Crippen molar-refractivity contribution in [2.24, 2.45) is 5.16 Å². The molecule has 0 aromatic heterocycles. The first kappa shape index (κ1) is 12.7. The molecule has 1 N–H and O–H groups in total. The summed E-state index contributed by atoms with van der Waals surface area (Å²) in [5, 5.41) is 15.0. The lowest BCUT2D eigenvalue weighted by molar-refractivity contribution is -0.277. The summed E-state index contributed by atoms with van der Waals surface area (Å²) in [5.74, 6) is -0.298. The van der Waals surface area contributed by atoms with Crippen LogP contribution in [0.5, 0.6) is 0 Å². The third-order valence-corrected chi connectivity index (χ3v) is 3.24. The molecule has 2 atom stereocenters. The van der Waals surface area contributed by atoms with Gasteiger partial charge in [0, 0.05) is 19.4 Å². The van der Waals surface area contributed by atoms with Gasteiger partial charge in [0.25, 0.3) is 5.72 Å². The van der Waals surface area contributed by atoms with Crippen molar-refractivity contribution in [1.29, 1.82) is 0 Å². The number of hydroxylamine groups is 2. The maximum Gasteiger partial charge on any atom is 0.268 e. The van der Waals surface area contributed by atoms with Crippen LogP contribution in [-0.4, -0.2) is 33.5 Å². The summed E-state index contributed by atoms with van der Waals surface area (Å²) in [6.07, 6.45) is 0. The first-order valence-electron chi connectivity index (χ1n) is 5.77. The van der Waals surface area contributed by atoms with E-state index >= 15 is 0 Å². The van der Waals surface area contributed by atoms with Crippen molar-refractivity contribution >= 4 is 11.5 Å². The standard InChI is InChI=1S/C13H16N2O3/c1-9-12(11-7-5-4-6-8-11)14-18-13(3,10(2)16)15(9)17/h4-9,17H,1-3H3/t9-,13+/m0/s1. The van der Waals surface area contributed by atoms with Crippen molar-refractivity contribution in [1.82, 2.24) is 5.06 Å². The van der Waals surface area contributed by atoms with Crippen molar-refractivity contribution in [2.45, 2.75) is 32.5 Å². The number of carbonyl (C=O) groups excluding carboxylic acids is 1. The Balaban J connectivity index is 2.38. The second kappa shape index (κ2) is 4.51. The van der Waals surface area contributed by atoms with Crippen LogP contribution in [0.25, 0.3) is 0 Å². The van der Waals surface area contributed by atoms with Crippen LogP contribution < -0.4 is 0 Å². The van der Waals surface area contributed by atoms with Gasteiger partial charge in [0.2, 0.25) is 0 Å². The zero-order valence-electron chi connectivity index (χ0n) is 10.6. The summed E-state index contributed by atoms with van der Waals surface area (Å²) in [4.78, 5) is 16.7. The van der Waals surface area contributed by atoms with Crippen LogP contribution in [0.3, 0.4) is 0 Å². The van der Waals surface area contributed by atoms with Crippen LogP contribution in [0.1, 0.15) is 26.3 Å². The lowest BCUT2D eigenvalue weighted by Gasteiger charge is -2.39. The maximum atomic E-state index is 11.5. The predicted molar refractivity (Wildman–Crippen MR) is 66.2 cm³/mol. The third-order valence-electron chi connectivity index (χ3n) is 3.24. The second-order valence-electron chi connectivity index (χ2n) is 4.49. The Bertz CT molecular complexity index is 486. The fraction of sp³-hybridized carbons (Fsp3) is 0.385. The highest BCUT2D eigenvalue weighted by Gasteiger charge is 2.46. The van der Waals surface area contributed by atoms with Gasteiger partial charge in [-0.15, -0.1) is 5.06 Å². The molecule has 0 saturated heterocycles. The smallest absolute Gasteiger partial charge is 0.268 e. The molecule has 2 rings (SSSR count). The van der Waals surface area contributed by atoms with Crippen molar-refractivity contribution in [3.63, 3.8) is 0 Å². The molecule has 0 bridgehead atoms. The topological polar surface area (TPSA) is 62.1 Å². The van der Waals surface area contributed by atoms with Crippen molar-refractivity contribution in [3.05, 3.63) is 35.9 Å². The number of oxime groups is 1. The Morgan fingerprint density at radius 2 is 2.06 bits per heavy atom. The zero-order chi connectivity index (χ0) is 13.3. The number of nitrogens with zero attached hydrogens (tertiary/aromatic N) is 2. The molecule has 0 amide bonds. The summed E-state index contributed by atoms with van der Waals surface area (Å²) < 4.78 is 0. The number of hydrogen-bond acceptors (Lipinski definition) is 5. The number of ketones is 1. The van der Waals surface area contributed by atoms with Crippen molar-refractivity contribution in [3.8, 4) is 0 Å². The number of rotatable bonds is 2. The van der Waals surface area contributed by atoms with Crippen LogP contribution in [0, 0.1) is 0 Å². The van der Waals surface area contributed by atoms with Gasteiger partial charge in [-0.3, -0.25) is 4.79 Å². The van der Waals surface area contributed by atoms with Gasteiger partial charge in [-0.1, -0.05) is 35.5 Å². The number of carbonyl (C=O) groups is 1. The van der Waals surface area contributed by atoms with Gasteiger partial charge in [0.05, 0.1) is 6.04 Å². The average Bonchev–Trinajstić information content (AvgIpc) is 2.37. The Hall–Kier alpha value is -1.72. The van der Waals surface area contributed by atoms with Crippen LogP contribution >= 0.6 is 0 Å². The predicted octanol–water partition coefficient (Wildman–Crippen LogP) is 1.81. The molecule has 96 valence electrons. The molecule has 0 fully saturated rings. The molecule has 1 aromatic carbocycles.